The van der Waals surface area contributed by atoms with E-state index in [0.717, 1.165) is 18.4 Å². The number of rotatable bonds is 2. The van der Waals surface area contributed by atoms with Gasteiger partial charge in [0.15, 0.2) is 0 Å². The number of pyridine rings is 1. The number of H-pyrrole nitrogens is 1. The maximum Gasteiger partial charge on any atom is 0.257 e. The second-order valence-corrected chi connectivity index (χ2v) is 7.19. The van der Waals surface area contributed by atoms with Crippen molar-refractivity contribution < 1.29 is 4.79 Å². The van der Waals surface area contributed by atoms with E-state index in [1.807, 2.05) is 18.2 Å². The Morgan fingerprint density at radius 2 is 1.88 bits per heavy atom. The zero-order valence-corrected chi connectivity index (χ0v) is 14.1. The van der Waals surface area contributed by atoms with Crippen molar-refractivity contribution >= 4 is 16.8 Å². The molecule has 2 aliphatic rings. The van der Waals surface area contributed by atoms with E-state index in [9.17, 15) is 9.59 Å². The molecular formula is C19H23N3O2. The normalized spacial score (nSPS) is 26.7. The number of para-hydroxylation sites is 1. The number of aromatic amines is 1. The second-order valence-electron chi connectivity index (χ2n) is 7.19. The van der Waals surface area contributed by atoms with Crippen LogP contribution in [0, 0.1) is 6.92 Å². The van der Waals surface area contributed by atoms with Gasteiger partial charge < -0.3 is 15.2 Å². The summed E-state index contributed by atoms with van der Waals surface area (Å²) < 4.78 is 0. The number of aromatic nitrogens is 1. The monoisotopic (exact) mass is 325 g/mol. The molecule has 1 unspecified atom stereocenters. The van der Waals surface area contributed by atoms with E-state index in [-0.39, 0.29) is 22.9 Å². The van der Waals surface area contributed by atoms with E-state index in [1.165, 1.54) is 12.8 Å². The number of benzene rings is 1. The maximum atomic E-state index is 12.8. The standard InChI is InChI=1S/C19H23N3O2/c1-11-17(18(23)15-5-3-4-6-16(15)20-11)19(24)21-12-9-13-7-8-14(10-12)22(13)2/h3-6,12-14H,7-10H2,1-2H3,(H,20,23)(H,21,24)/t12?,13-,14+. The van der Waals surface area contributed by atoms with E-state index < -0.39 is 0 Å². The Morgan fingerprint density at radius 1 is 1.21 bits per heavy atom. The molecule has 2 fully saturated rings. The summed E-state index contributed by atoms with van der Waals surface area (Å²) in [7, 11) is 2.18. The third-order valence-corrected chi connectivity index (χ3v) is 5.76. The lowest BCUT2D eigenvalue weighted by Gasteiger charge is -2.36. The van der Waals surface area contributed by atoms with Gasteiger partial charge in [0.25, 0.3) is 5.91 Å². The zero-order chi connectivity index (χ0) is 16.8. The van der Waals surface area contributed by atoms with Crippen molar-refractivity contribution in [2.45, 2.75) is 50.7 Å². The van der Waals surface area contributed by atoms with Crippen molar-refractivity contribution in [1.82, 2.24) is 15.2 Å². The van der Waals surface area contributed by atoms with Gasteiger partial charge in [-0.3, -0.25) is 9.59 Å². The van der Waals surface area contributed by atoms with Crippen LogP contribution in [0.2, 0.25) is 0 Å². The highest BCUT2D eigenvalue weighted by Crippen LogP contribution is 2.34. The molecule has 3 atom stereocenters. The maximum absolute atomic E-state index is 12.8. The first-order valence-electron chi connectivity index (χ1n) is 8.69. The van der Waals surface area contributed by atoms with Crippen molar-refractivity contribution in [3.05, 3.63) is 45.7 Å². The molecule has 5 nitrogen and oxygen atoms in total. The Kier molecular flexibility index (Phi) is 3.68. The molecule has 5 heteroatoms. The number of carbonyl (C=O) groups excluding carboxylic acids is 1. The number of carbonyl (C=O) groups is 1. The summed E-state index contributed by atoms with van der Waals surface area (Å²) in [5.74, 6) is -0.242. The highest BCUT2D eigenvalue weighted by atomic mass is 16.2. The molecule has 24 heavy (non-hydrogen) atoms. The molecule has 2 N–H and O–H groups in total. The molecular weight excluding hydrogens is 302 g/mol. The van der Waals surface area contributed by atoms with E-state index in [2.05, 4.69) is 22.2 Å². The quantitative estimate of drug-likeness (QED) is 0.889. The van der Waals surface area contributed by atoms with Gasteiger partial charge in [0, 0.05) is 34.7 Å². The van der Waals surface area contributed by atoms with Gasteiger partial charge in [-0.1, -0.05) is 12.1 Å². The third kappa shape index (κ3) is 2.44. The van der Waals surface area contributed by atoms with Crippen LogP contribution < -0.4 is 10.7 Å². The fourth-order valence-corrected chi connectivity index (χ4v) is 4.42. The number of hydrogen-bond donors (Lipinski definition) is 2. The number of hydrogen-bond acceptors (Lipinski definition) is 3. The first-order valence-corrected chi connectivity index (χ1v) is 8.69. The lowest BCUT2D eigenvalue weighted by atomic mass is 9.97. The smallest absolute Gasteiger partial charge is 0.257 e. The van der Waals surface area contributed by atoms with E-state index >= 15 is 0 Å². The minimum absolute atomic E-state index is 0.163. The summed E-state index contributed by atoms with van der Waals surface area (Å²) in [4.78, 5) is 31.1. The number of nitrogens with one attached hydrogen (secondary N) is 2. The molecule has 2 saturated heterocycles. The van der Waals surface area contributed by atoms with E-state index in [1.54, 1.807) is 13.0 Å². The van der Waals surface area contributed by atoms with E-state index in [0.29, 0.717) is 23.2 Å². The fourth-order valence-electron chi connectivity index (χ4n) is 4.42. The van der Waals surface area contributed by atoms with Gasteiger partial charge in [0.1, 0.15) is 5.56 Å². The zero-order valence-electron chi connectivity index (χ0n) is 14.1. The molecule has 126 valence electrons. The summed E-state index contributed by atoms with van der Waals surface area (Å²) in [6.07, 6.45) is 4.37. The Balaban J connectivity index is 1.61. The van der Waals surface area contributed by atoms with Crippen LogP contribution in [0.1, 0.15) is 41.7 Å². The van der Waals surface area contributed by atoms with Crippen LogP contribution >= 0.6 is 0 Å². The molecule has 4 rings (SSSR count). The predicted molar refractivity (Wildman–Crippen MR) is 94.4 cm³/mol. The van der Waals surface area contributed by atoms with Crippen LogP contribution in [-0.2, 0) is 0 Å². The molecule has 0 saturated carbocycles. The first-order chi connectivity index (χ1) is 11.5. The van der Waals surface area contributed by atoms with Gasteiger partial charge in [0.05, 0.1) is 0 Å². The van der Waals surface area contributed by atoms with Crippen molar-refractivity contribution in [3.63, 3.8) is 0 Å². The van der Waals surface area contributed by atoms with Crippen LogP contribution in [0.25, 0.3) is 10.9 Å². The second kappa shape index (κ2) is 5.74. The van der Waals surface area contributed by atoms with Gasteiger partial charge in [0.2, 0.25) is 5.43 Å². The average Bonchev–Trinajstić information content (AvgIpc) is 2.77. The fraction of sp³-hybridized carbons (Fsp3) is 0.474. The molecule has 1 aromatic heterocycles. The van der Waals surface area contributed by atoms with Crippen LogP contribution in [0.5, 0.6) is 0 Å². The lowest BCUT2D eigenvalue weighted by molar-refractivity contribution is 0.0880. The highest BCUT2D eigenvalue weighted by molar-refractivity contribution is 5.98. The van der Waals surface area contributed by atoms with E-state index in [4.69, 9.17) is 0 Å². The van der Waals surface area contributed by atoms with Crippen LogP contribution in [-0.4, -0.2) is 41.0 Å². The minimum atomic E-state index is -0.242. The Hall–Kier alpha value is -2.14. The highest BCUT2D eigenvalue weighted by Gasteiger charge is 2.39. The van der Waals surface area contributed by atoms with Crippen LogP contribution in [0.3, 0.4) is 0 Å². The predicted octanol–water partition coefficient (Wildman–Crippen LogP) is 2.19. The number of piperidine rings is 1. The largest absolute Gasteiger partial charge is 0.358 e. The Bertz CT molecular complexity index is 843. The Labute approximate surface area is 141 Å². The van der Waals surface area contributed by atoms with Crippen molar-refractivity contribution in [2.75, 3.05) is 7.05 Å². The molecule has 2 aromatic rings. The van der Waals surface area contributed by atoms with Gasteiger partial charge >= 0.3 is 0 Å². The summed E-state index contributed by atoms with van der Waals surface area (Å²) in [6, 6.07) is 8.61. The number of amides is 1. The summed E-state index contributed by atoms with van der Waals surface area (Å²) >= 11 is 0. The molecule has 1 amide bonds. The molecule has 0 radical (unpaired) electrons. The molecule has 0 spiro atoms. The average molecular weight is 325 g/mol. The Morgan fingerprint density at radius 3 is 2.58 bits per heavy atom. The summed E-state index contributed by atoms with van der Waals surface area (Å²) in [5.41, 5.74) is 1.47. The molecule has 2 aliphatic heterocycles. The van der Waals surface area contributed by atoms with Gasteiger partial charge in [-0.25, -0.2) is 0 Å². The van der Waals surface area contributed by atoms with Gasteiger partial charge in [-0.05, 0) is 51.8 Å². The van der Waals surface area contributed by atoms with Crippen molar-refractivity contribution in [1.29, 1.82) is 0 Å². The van der Waals surface area contributed by atoms with Crippen molar-refractivity contribution in [3.8, 4) is 0 Å². The summed E-state index contributed by atoms with van der Waals surface area (Å²) in [5, 5.41) is 3.68. The molecule has 0 aliphatic carbocycles. The minimum Gasteiger partial charge on any atom is -0.358 e. The number of nitrogens with zero attached hydrogens (tertiary/aromatic N) is 1. The third-order valence-electron chi connectivity index (χ3n) is 5.76. The van der Waals surface area contributed by atoms with Gasteiger partial charge in [-0.15, -0.1) is 0 Å². The molecule has 1 aromatic carbocycles. The SMILES string of the molecule is Cc1[nH]c2ccccc2c(=O)c1C(=O)NC1C[C@H]2CC[C@@H](C1)N2C. The molecule has 2 bridgehead atoms. The van der Waals surface area contributed by atoms with Gasteiger partial charge in [-0.2, -0.15) is 0 Å². The number of aryl methyl sites for hydroxylation is 1. The molecule has 3 heterocycles. The summed E-state index contributed by atoms with van der Waals surface area (Å²) in [6.45, 7) is 1.79. The van der Waals surface area contributed by atoms with Crippen LogP contribution in [0.4, 0.5) is 0 Å². The van der Waals surface area contributed by atoms with Crippen LogP contribution in [0.15, 0.2) is 29.1 Å². The van der Waals surface area contributed by atoms with Crippen molar-refractivity contribution in [2.24, 2.45) is 0 Å². The lowest BCUT2D eigenvalue weighted by Crippen LogP contribution is -2.49. The number of fused-ring (bicyclic) bond motifs is 3. The topological polar surface area (TPSA) is 65.2 Å². The first kappa shape index (κ1) is 15.4.